The lowest BCUT2D eigenvalue weighted by atomic mass is 10.2. The molecule has 2 amide bonds. The highest BCUT2D eigenvalue weighted by Gasteiger charge is 2.20. The maximum absolute atomic E-state index is 12.3. The van der Waals surface area contributed by atoms with Crippen molar-refractivity contribution < 1.29 is 28.7 Å². The van der Waals surface area contributed by atoms with Crippen molar-refractivity contribution in [1.29, 1.82) is 0 Å². The van der Waals surface area contributed by atoms with E-state index in [2.05, 4.69) is 19.9 Å². The minimum atomic E-state index is -0.342. The summed E-state index contributed by atoms with van der Waals surface area (Å²) in [5.74, 6) is 0.266. The van der Waals surface area contributed by atoms with Gasteiger partial charge in [-0.15, -0.1) is 0 Å². The number of rotatable bonds is 19. The molecule has 0 fully saturated rings. The van der Waals surface area contributed by atoms with Gasteiger partial charge in [-0.1, -0.05) is 49.3 Å². The highest BCUT2D eigenvalue weighted by atomic mass is 33.1. The van der Waals surface area contributed by atoms with Crippen LogP contribution in [0, 0.1) is 25.7 Å². The van der Waals surface area contributed by atoms with Crippen LogP contribution in [0.2, 0.25) is 0 Å². The van der Waals surface area contributed by atoms with Gasteiger partial charge in [0.25, 0.3) is 0 Å². The molecule has 0 radical (unpaired) electrons. The molecule has 0 aliphatic carbocycles. The molecule has 0 saturated carbocycles. The van der Waals surface area contributed by atoms with Gasteiger partial charge in [0.15, 0.2) is 0 Å². The largest absolute Gasteiger partial charge is 0.465 e. The number of nitrogens with two attached hydrogens (primary N) is 2. The van der Waals surface area contributed by atoms with Crippen LogP contribution in [-0.4, -0.2) is 67.7 Å². The van der Waals surface area contributed by atoms with E-state index in [0.717, 1.165) is 9.81 Å². The van der Waals surface area contributed by atoms with Crippen molar-refractivity contribution in [1.82, 2.24) is 29.7 Å². The maximum Gasteiger partial charge on any atom is 0.308 e. The lowest BCUT2D eigenvalue weighted by Gasteiger charge is -2.24. The Labute approximate surface area is 289 Å². The van der Waals surface area contributed by atoms with Crippen molar-refractivity contribution in [3.63, 3.8) is 0 Å². The smallest absolute Gasteiger partial charge is 0.308 e. The van der Waals surface area contributed by atoms with Gasteiger partial charge in [-0.3, -0.25) is 19.2 Å². The number of aromatic nitrogens is 4. The van der Waals surface area contributed by atoms with E-state index >= 15 is 0 Å². The Bertz CT molecular complexity index is 1400. The molecule has 0 aliphatic heterocycles. The molecule has 14 nitrogen and oxygen atoms in total. The quantitative estimate of drug-likeness (QED) is 0.116. The van der Waals surface area contributed by atoms with Crippen molar-refractivity contribution in [2.45, 2.75) is 81.3 Å². The number of hydrogen-bond donors (Lipinski definition) is 2. The van der Waals surface area contributed by atoms with Gasteiger partial charge in [0.1, 0.15) is 23.3 Å². The van der Waals surface area contributed by atoms with Crippen LogP contribution in [0.3, 0.4) is 0 Å². The molecule has 4 N–H and O–H groups in total. The number of aryl methyl sites for hydroxylation is 2. The van der Waals surface area contributed by atoms with Crippen molar-refractivity contribution in [3.8, 4) is 0 Å². The number of carbonyl (C=O) groups excluding carboxylic acids is 4. The molecule has 2 aromatic heterocycles. The summed E-state index contributed by atoms with van der Waals surface area (Å²) < 4.78 is 10.9. The molecule has 0 saturated heterocycles. The first-order chi connectivity index (χ1) is 22.7. The van der Waals surface area contributed by atoms with Crippen LogP contribution < -0.4 is 11.5 Å². The van der Waals surface area contributed by atoms with Crippen molar-refractivity contribution in [2.24, 2.45) is 11.8 Å². The first-order valence-corrected chi connectivity index (χ1v) is 17.5. The number of nitrogens with zero attached hydrogens (tertiary/aromatic N) is 6. The fourth-order valence-corrected chi connectivity index (χ4v) is 6.75. The molecule has 2 heterocycles. The lowest BCUT2D eigenvalue weighted by molar-refractivity contribution is -0.148. The van der Waals surface area contributed by atoms with E-state index < -0.39 is 0 Å². The summed E-state index contributed by atoms with van der Waals surface area (Å²) in [6, 6.07) is 0. The van der Waals surface area contributed by atoms with Gasteiger partial charge in [-0.05, 0) is 27.7 Å². The number of carbonyl (C=O) groups is 4. The third-order valence-electron chi connectivity index (χ3n) is 6.97. The highest BCUT2D eigenvalue weighted by Crippen LogP contribution is 2.43. The Morgan fingerprint density at radius 3 is 1.40 bits per heavy atom. The fraction of sp³-hybridized carbons (Fsp3) is 0.500. The van der Waals surface area contributed by atoms with E-state index in [-0.39, 0.29) is 61.7 Å². The topological polar surface area (TPSA) is 197 Å². The summed E-state index contributed by atoms with van der Waals surface area (Å²) in [7, 11) is 2.69. The molecule has 0 spiro atoms. The van der Waals surface area contributed by atoms with Crippen LogP contribution in [0.15, 0.2) is 33.6 Å². The maximum atomic E-state index is 12.3. The van der Waals surface area contributed by atoms with Gasteiger partial charge >= 0.3 is 11.9 Å². The fourth-order valence-electron chi connectivity index (χ4n) is 3.91. The Hall–Kier alpha value is -4.18. The molecule has 0 aromatic carbocycles. The van der Waals surface area contributed by atoms with E-state index in [4.69, 9.17) is 20.9 Å². The molecule has 0 atom stereocenters. The zero-order valence-corrected chi connectivity index (χ0v) is 30.4. The number of nitrogen functional groups attached to an aromatic ring is 2. The standard InChI is InChI=1S/C32H46N8O6S2/c1-19(2)31(43)45-11-9-27(21(5)39(17-41)15-25-13-35-23(7)37-29(25)33)47-48-28(10-12-46-32(44)20(3)4)22(6)40(18-42)16-26-14-36-24(8)38-30(26)34/h13-14,17-20H,9-12,15-16H2,1-8H3,(H2,33,35,37)(H2,34,36,38). The minimum Gasteiger partial charge on any atom is -0.465 e. The molecule has 0 bridgehead atoms. The molecule has 2 aromatic rings. The molecule has 48 heavy (non-hydrogen) atoms. The van der Waals surface area contributed by atoms with Gasteiger partial charge in [0.05, 0.1) is 38.1 Å². The first-order valence-electron chi connectivity index (χ1n) is 15.3. The van der Waals surface area contributed by atoms with Gasteiger partial charge in [-0.2, -0.15) is 0 Å². The SMILES string of the molecule is CC(=C(CCOC(=O)C(C)C)SSC(CCOC(=O)C(C)C)=C(C)N(C=O)Cc1cnc(C)nc1N)N(C=O)Cc1cnc(C)nc1N. The van der Waals surface area contributed by atoms with Gasteiger partial charge in [0.2, 0.25) is 12.8 Å². The van der Waals surface area contributed by atoms with E-state index in [1.807, 2.05) is 0 Å². The summed E-state index contributed by atoms with van der Waals surface area (Å²) in [4.78, 5) is 70.4. The monoisotopic (exact) mass is 702 g/mol. The Morgan fingerprint density at radius 2 is 1.10 bits per heavy atom. The summed E-state index contributed by atoms with van der Waals surface area (Å²) in [5, 5.41) is 0. The third kappa shape index (κ3) is 12.4. The predicted molar refractivity (Wildman–Crippen MR) is 187 cm³/mol. The number of hydrogen-bond acceptors (Lipinski definition) is 14. The third-order valence-corrected chi connectivity index (χ3v) is 9.92. The van der Waals surface area contributed by atoms with Gasteiger partial charge in [-0.25, -0.2) is 19.9 Å². The molecule has 2 rings (SSSR count). The van der Waals surface area contributed by atoms with Crippen molar-refractivity contribution in [3.05, 3.63) is 56.4 Å². The van der Waals surface area contributed by atoms with Crippen LogP contribution in [-0.2, 0) is 41.7 Å². The Morgan fingerprint density at radius 1 is 0.750 bits per heavy atom. The van der Waals surface area contributed by atoms with E-state index in [1.165, 1.54) is 31.4 Å². The van der Waals surface area contributed by atoms with E-state index in [1.54, 1.807) is 67.8 Å². The Balaban J connectivity index is 2.47. The number of ether oxygens (including phenoxy) is 2. The highest BCUT2D eigenvalue weighted by molar-refractivity contribution is 8.79. The van der Waals surface area contributed by atoms with Crippen LogP contribution in [0.4, 0.5) is 11.6 Å². The van der Waals surface area contributed by atoms with Crippen LogP contribution in [0.25, 0.3) is 0 Å². The summed E-state index contributed by atoms with van der Waals surface area (Å²) in [5.41, 5.74) is 14.6. The van der Waals surface area contributed by atoms with Gasteiger partial charge < -0.3 is 30.7 Å². The van der Waals surface area contributed by atoms with E-state index in [0.29, 0.717) is 59.8 Å². The zero-order chi connectivity index (χ0) is 36.0. The van der Waals surface area contributed by atoms with Gasteiger partial charge in [0, 0.05) is 57.6 Å². The average Bonchev–Trinajstić information content (AvgIpc) is 3.03. The molecule has 0 aliphatic rings. The second kappa shape index (κ2) is 19.6. The number of amides is 2. The lowest BCUT2D eigenvalue weighted by Crippen LogP contribution is -2.22. The van der Waals surface area contributed by atoms with Crippen LogP contribution in [0.1, 0.15) is 77.2 Å². The summed E-state index contributed by atoms with van der Waals surface area (Å²) in [6.07, 6.45) is 5.14. The second-order valence-corrected chi connectivity index (χ2v) is 13.8. The van der Waals surface area contributed by atoms with Crippen molar-refractivity contribution in [2.75, 3.05) is 24.7 Å². The van der Waals surface area contributed by atoms with Crippen LogP contribution in [0.5, 0.6) is 0 Å². The molecule has 16 heteroatoms. The normalized spacial score (nSPS) is 12.3. The van der Waals surface area contributed by atoms with Crippen molar-refractivity contribution >= 4 is 58.0 Å². The zero-order valence-electron chi connectivity index (χ0n) is 28.8. The molecule has 0 unspecified atom stereocenters. The number of allylic oxidation sites excluding steroid dienone is 2. The molecular weight excluding hydrogens is 657 g/mol. The number of anilines is 2. The van der Waals surface area contributed by atoms with Crippen LogP contribution >= 0.6 is 21.6 Å². The first kappa shape index (κ1) is 40.0. The average molecular weight is 703 g/mol. The summed E-state index contributed by atoms with van der Waals surface area (Å²) in [6.45, 7) is 14.4. The van der Waals surface area contributed by atoms with E-state index in [9.17, 15) is 19.2 Å². The predicted octanol–water partition coefficient (Wildman–Crippen LogP) is 4.69. The molecule has 262 valence electrons. The summed E-state index contributed by atoms with van der Waals surface area (Å²) >= 11 is 0. The molecular formula is C32H46N8O6S2. The second-order valence-electron chi connectivity index (χ2n) is 11.5. The minimum absolute atomic E-state index is 0.0803. The Kier molecular flexibility index (Phi) is 16.3. The number of esters is 2.